The lowest BCUT2D eigenvalue weighted by Gasteiger charge is -2.25. The molecule has 1 heterocycles. The standard InChI is InChI=1S/C16H18N4O/c1-13-12-14-4-2-3-5-15(14)20(13)9-6-16(21)19(10-7-17)11-8-18/h2-5,13H,6,9-12H2,1H3. The number of hydrogen-bond acceptors (Lipinski definition) is 4. The Bertz CT molecular complexity index is 583. The third-order valence-corrected chi connectivity index (χ3v) is 3.79. The highest BCUT2D eigenvalue weighted by Gasteiger charge is 2.26. The van der Waals surface area contributed by atoms with E-state index in [0.29, 0.717) is 19.0 Å². The zero-order chi connectivity index (χ0) is 15.2. The van der Waals surface area contributed by atoms with Gasteiger partial charge in [-0.25, -0.2) is 0 Å². The van der Waals surface area contributed by atoms with Gasteiger partial charge in [-0.15, -0.1) is 0 Å². The number of fused-ring (bicyclic) bond motifs is 1. The highest BCUT2D eigenvalue weighted by molar-refractivity contribution is 5.77. The highest BCUT2D eigenvalue weighted by Crippen LogP contribution is 2.31. The molecule has 0 N–H and O–H groups in total. The minimum atomic E-state index is -0.144. The molecule has 1 aromatic rings. The van der Waals surface area contributed by atoms with Crippen LogP contribution >= 0.6 is 0 Å². The van der Waals surface area contributed by atoms with E-state index in [1.165, 1.54) is 16.2 Å². The van der Waals surface area contributed by atoms with Crippen molar-refractivity contribution in [1.29, 1.82) is 10.5 Å². The molecule has 1 unspecified atom stereocenters. The van der Waals surface area contributed by atoms with Gasteiger partial charge in [-0.3, -0.25) is 4.79 Å². The second-order valence-corrected chi connectivity index (χ2v) is 5.19. The molecule has 2 rings (SSSR count). The van der Waals surface area contributed by atoms with Crippen molar-refractivity contribution in [3.8, 4) is 12.1 Å². The van der Waals surface area contributed by atoms with Gasteiger partial charge in [0, 0.05) is 24.7 Å². The van der Waals surface area contributed by atoms with E-state index in [9.17, 15) is 4.79 Å². The molecule has 0 spiro atoms. The fraction of sp³-hybridized carbons (Fsp3) is 0.438. The van der Waals surface area contributed by atoms with Gasteiger partial charge >= 0.3 is 0 Å². The number of rotatable bonds is 5. The third kappa shape index (κ3) is 3.32. The van der Waals surface area contributed by atoms with Crippen molar-refractivity contribution >= 4 is 11.6 Å². The molecule has 0 fully saturated rings. The summed E-state index contributed by atoms with van der Waals surface area (Å²) in [6, 6.07) is 12.4. The Labute approximate surface area is 125 Å². The molecule has 1 aliphatic heterocycles. The number of benzene rings is 1. The smallest absolute Gasteiger partial charge is 0.226 e. The Kier molecular flexibility index (Phi) is 4.79. The zero-order valence-corrected chi connectivity index (χ0v) is 12.1. The van der Waals surface area contributed by atoms with Crippen molar-refractivity contribution in [3.63, 3.8) is 0 Å². The van der Waals surface area contributed by atoms with E-state index >= 15 is 0 Å². The fourth-order valence-corrected chi connectivity index (χ4v) is 2.75. The second-order valence-electron chi connectivity index (χ2n) is 5.19. The van der Waals surface area contributed by atoms with E-state index in [2.05, 4.69) is 24.0 Å². The van der Waals surface area contributed by atoms with Crippen LogP contribution in [0.4, 0.5) is 5.69 Å². The number of nitriles is 2. The number of amides is 1. The zero-order valence-electron chi connectivity index (χ0n) is 12.1. The van der Waals surface area contributed by atoms with E-state index in [0.717, 1.165) is 6.42 Å². The van der Waals surface area contributed by atoms with Crippen LogP contribution in [0, 0.1) is 22.7 Å². The Morgan fingerprint density at radius 3 is 2.67 bits per heavy atom. The molecular weight excluding hydrogens is 264 g/mol. The van der Waals surface area contributed by atoms with Gasteiger partial charge in [0.1, 0.15) is 13.1 Å². The molecule has 0 saturated carbocycles. The molecule has 108 valence electrons. The predicted molar refractivity (Wildman–Crippen MR) is 79.4 cm³/mol. The van der Waals surface area contributed by atoms with Gasteiger partial charge < -0.3 is 9.80 Å². The van der Waals surface area contributed by atoms with Gasteiger partial charge in [-0.1, -0.05) is 18.2 Å². The predicted octanol–water partition coefficient (Wildman–Crippen LogP) is 1.70. The van der Waals surface area contributed by atoms with Gasteiger partial charge in [0.15, 0.2) is 0 Å². The maximum atomic E-state index is 12.1. The Balaban J connectivity index is 1.98. The van der Waals surface area contributed by atoms with Crippen LogP contribution in [0.15, 0.2) is 24.3 Å². The molecule has 0 saturated heterocycles. The van der Waals surface area contributed by atoms with Crippen molar-refractivity contribution in [2.45, 2.75) is 25.8 Å². The van der Waals surface area contributed by atoms with Gasteiger partial charge in [0.25, 0.3) is 0 Å². The van der Waals surface area contributed by atoms with Gasteiger partial charge in [0.05, 0.1) is 12.1 Å². The Hall–Kier alpha value is -2.53. The largest absolute Gasteiger partial charge is 0.368 e. The molecular formula is C16H18N4O. The quantitative estimate of drug-likeness (QED) is 0.771. The molecule has 0 radical (unpaired) electrons. The molecule has 0 aromatic heterocycles. The Morgan fingerprint density at radius 1 is 1.33 bits per heavy atom. The van der Waals surface area contributed by atoms with E-state index in [-0.39, 0.29) is 19.0 Å². The average molecular weight is 282 g/mol. The summed E-state index contributed by atoms with van der Waals surface area (Å²) in [4.78, 5) is 15.6. The number of carbonyl (C=O) groups is 1. The molecule has 1 aromatic carbocycles. The van der Waals surface area contributed by atoms with Crippen LogP contribution < -0.4 is 4.90 Å². The van der Waals surface area contributed by atoms with Crippen LogP contribution in [0.25, 0.3) is 0 Å². The maximum absolute atomic E-state index is 12.1. The SMILES string of the molecule is CC1Cc2ccccc2N1CCC(=O)N(CC#N)CC#N. The minimum absolute atomic E-state index is 0.0292. The molecule has 5 nitrogen and oxygen atoms in total. The van der Waals surface area contributed by atoms with E-state index in [4.69, 9.17) is 10.5 Å². The highest BCUT2D eigenvalue weighted by atomic mass is 16.2. The lowest BCUT2D eigenvalue weighted by molar-refractivity contribution is -0.129. The topological polar surface area (TPSA) is 71.1 Å². The van der Waals surface area contributed by atoms with Crippen molar-refractivity contribution in [3.05, 3.63) is 29.8 Å². The molecule has 21 heavy (non-hydrogen) atoms. The number of para-hydroxylation sites is 1. The van der Waals surface area contributed by atoms with Crippen molar-refractivity contribution in [2.75, 3.05) is 24.5 Å². The first-order chi connectivity index (χ1) is 10.2. The summed E-state index contributed by atoms with van der Waals surface area (Å²) < 4.78 is 0. The summed E-state index contributed by atoms with van der Waals surface area (Å²) in [5.41, 5.74) is 2.49. The molecule has 0 bridgehead atoms. The first-order valence-electron chi connectivity index (χ1n) is 7.03. The Morgan fingerprint density at radius 2 is 2.00 bits per heavy atom. The summed E-state index contributed by atoms with van der Waals surface area (Å²) in [5, 5.41) is 17.4. The molecule has 0 aliphatic carbocycles. The maximum Gasteiger partial charge on any atom is 0.226 e. The monoisotopic (exact) mass is 282 g/mol. The molecule has 5 heteroatoms. The minimum Gasteiger partial charge on any atom is -0.368 e. The molecule has 1 aliphatic rings. The number of hydrogen-bond donors (Lipinski definition) is 0. The lowest BCUT2D eigenvalue weighted by atomic mass is 10.1. The molecule has 1 atom stereocenters. The third-order valence-electron chi connectivity index (χ3n) is 3.79. The normalized spacial score (nSPS) is 16.0. The van der Waals surface area contributed by atoms with Gasteiger partial charge in [-0.2, -0.15) is 10.5 Å². The van der Waals surface area contributed by atoms with Crippen LogP contribution in [-0.4, -0.2) is 36.5 Å². The van der Waals surface area contributed by atoms with Crippen LogP contribution in [0.3, 0.4) is 0 Å². The number of nitrogens with zero attached hydrogens (tertiary/aromatic N) is 4. The first-order valence-corrected chi connectivity index (χ1v) is 7.03. The van der Waals surface area contributed by atoms with Crippen LogP contribution in [0.1, 0.15) is 18.9 Å². The summed E-state index contributed by atoms with van der Waals surface area (Å²) in [6.07, 6.45) is 1.31. The number of anilines is 1. The first kappa shape index (κ1) is 14.9. The van der Waals surface area contributed by atoms with Crippen LogP contribution in [-0.2, 0) is 11.2 Å². The van der Waals surface area contributed by atoms with Gasteiger partial charge in [0.2, 0.25) is 5.91 Å². The van der Waals surface area contributed by atoms with Crippen molar-refractivity contribution < 1.29 is 4.79 Å². The summed E-state index contributed by atoms with van der Waals surface area (Å²) in [5.74, 6) is -0.144. The second kappa shape index (κ2) is 6.76. The van der Waals surface area contributed by atoms with Gasteiger partial charge in [-0.05, 0) is 25.0 Å². The van der Waals surface area contributed by atoms with E-state index in [1.54, 1.807) is 0 Å². The summed E-state index contributed by atoms with van der Waals surface area (Å²) in [6.45, 7) is 2.70. The van der Waals surface area contributed by atoms with E-state index in [1.807, 2.05) is 24.3 Å². The summed E-state index contributed by atoms with van der Waals surface area (Å²) >= 11 is 0. The van der Waals surface area contributed by atoms with E-state index < -0.39 is 0 Å². The fourth-order valence-electron chi connectivity index (χ4n) is 2.75. The van der Waals surface area contributed by atoms with Crippen molar-refractivity contribution in [1.82, 2.24) is 4.90 Å². The lowest BCUT2D eigenvalue weighted by Crippen LogP contribution is -2.37. The van der Waals surface area contributed by atoms with Crippen LogP contribution in [0.2, 0.25) is 0 Å². The van der Waals surface area contributed by atoms with Crippen LogP contribution in [0.5, 0.6) is 0 Å². The number of carbonyl (C=O) groups excluding carboxylic acids is 1. The summed E-state index contributed by atoms with van der Waals surface area (Å²) in [7, 11) is 0. The van der Waals surface area contributed by atoms with Crippen molar-refractivity contribution in [2.24, 2.45) is 0 Å². The molecule has 1 amide bonds. The average Bonchev–Trinajstić information content (AvgIpc) is 2.80.